The van der Waals surface area contributed by atoms with E-state index in [4.69, 9.17) is 14.2 Å². The number of hydrogen-bond acceptors (Lipinski definition) is 6. The van der Waals surface area contributed by atoms with Gasteiger partial charge in [0.25, 0.3) is 0 Å². The van der Waals surface area contributed by atoms with Crippen molar-refractivity contribution in [3.05, 3.63) is 48.6 Å². The lowest BCUT2D eigenvalue weighted by molar-refractivity contribution is -0.167. The molecule has 0 N–H and O–H groups in total. The zero-order valence-corrected chi connectivity index (χ0v) is 36.2. The lowest BCUT2D eigenvalue weighted by Gasteiger charge is -2.18. The van der Waals surface area contributed by atoms with Gasteiger partial charge in [0.05, 0.1) is 0 Å². The molecule has 0 aromatic rings. The van der Waals surface area contributed by atoms with Crippen LogP contribution in [-0.4, -0.2) is 37.2 Å². The summed E-state index contributed by atoms with van der Waals surface area (Å²) in [6.07, 6.45) is 50.9. The van der Waals surface area contributed by atoms with Crippen LogP contribution < -0.4 is 0 Å². The smallest absolute Gasteiger partial charge is 0.306 e. The Kier molecular flexibility index (Phi) is 42.0. The molecule has 6 nitrogen and oxygen atoms in total. The Morgan fingerprint density at radius 2 is 0.673 bits per heavy atom. The highest BCUT2D eigenvalue weighted by Gasteiger charge is 2.19. The molecule has 0 fully saturated rings. The Morgan fingerprint density at radius 3 is 1.16 bits per heavy atom. The van der Waals surface area contributed by atoms with E-state index < -0.39 is 6.10 Å². The highest BCUT2D eigenvalue weighted by Crippen LogP contribution is 2.14. The van der Waals surface area contributed by atoms with E-state index in [1.54, 1.807) is 0 Å². The molecule has 0 aliphatic heterocycles. The number of unbranched alkanes of at least 4 members (excludes halogenated alkanes) is 22. The van der Waals surface area contributed by atoms with Crippen LogP contribution in [0.5, 0.6) is 0 Å². The first-order valence-electron chi connectivity index (χ1n) is 23.1. The number of rotatable bonds is 41. The molecule has 0 bridgehead atoms. The van der Waals surface area contributed by atoms with Gasteiger partial charge in [0.1, 0.15) is 13.2 Å². The van der Waals surface area contributed by atoms with Crippen LogP contribution in [0.15, 0.2) is 48.6 Å². The molecule has 0 aliphatic carbocycles. The number of allylic oxidation sites excluding steroid dienone is 8. The van der Waals surface area contributed by atoms with E-state index in [9.17, 15) is 14.4 Å². The maximum Gasteiger partial charge on any atom is 0.306 e. The third-order valence-electron chi connectivity index (χ3n) is 9.81. The molecule has 0 aromatic heterocycles. The van der Waals surface area contributed by atoms with Gasteiger partial charge in [0, 0.05) is 19.3 Å². The molecule has 0 saturated heterocycles. The Bertz CT molecular complexity index is 980. The molecule has 0 rings (SSSR count). The SMILES string of the molecule is CCCC/C=C\CCCCCCCC(=O)OC[C@H](COC(=O)CCCCCCCCCCCCC)OC(=O)CCCC/C=C\C/C=C\C/C=C\CCCCC. The molecule has 0 radical (unpaired) electrons. The van der Waals surface area contributed by atoms with E-state index in [0.717, 1.165) is 70.6 Å². The van der Waals surface area contributed by atoms with Gasteiger partial charge in [-0.25, -0.2) is 0 Å². The van der Waals surface area contributed by atoms with Crippen LogP contribution >= 0.6 is 0 Å². The highest BCUT2D eigenvalue weighted by atomic mass is 16.6. The first-order chi connectivity index (χ1) is 27.0. The van der Waals surface area contributed by atoms with Gasteiger partial charge in [-0.3, -0.25) is 14.4 Å². The van der Waals surface area contributed by atoms with Gasteiger partial charge in [-0.2, -0.15) is 0 Å². The summed E-state index contributed by atoms with van der Waals surface area (Å²) < 4.78 is 16.7. The molecule has 0 aromatic carbocycles. The number of carbonyl (C=O) groups is 3. The van der Waals surface area contributed by atoms with Crippen molar-refractivity contribution in [1.82, 2.24) is 0 Å². The normalized spacial score (nSPS) is 12.4. The third kappa shape index (κ3) is 42.4. The van der Waals surface area contributed by atoms with Crippen LogP contribution in [-0.2, 0) is 28.6 Å². The van der Waals surface area contributed by atoms with Gasteiger partial charge in [-0.15, -0.1) is 0 Å². The minimum Gasteiger partial charge on any atom is -0.462 e. The van der Waals surface area contributed by atoms with Crippen molar-refractivity contribution in [1.29, 1.82) is 0 Å². The summed E-state index contributed by atoms with van der Waals surface area (Å²) in [5.74, 6) is -0.940. The van der Waals surface area contributed by atoms with E-state index in [-0.39, 0.29) is 37.5 Å². The van der Waals surface area contributed by atoms with Crippen molar-refractivity contribution in [2.24, 2.45) is 0 Å². The van der Waals surface area contributed by atoms with E-state index in [1.807, 2.05) is 0 Å². The summed E-state index contributed by atoms with van der Waals surface area (Å²) >= 11 is 0. The molecule has 0 saturated carbocycles. The minimum atomic E-state index is -0.791. The van der Waals surface area contributed by atoms with Crippen LogP contribution in [0.2, 0.25) is 0 Å². The van der Waals surface area contributed by atoms with Gasteiger partial charge in [0.15, 0.2) is 6.10 Å². The Balaban J connectivity index is 4.45. The van der Waals surface area contributed by atoms with Crippen molar-refractivity contribution >= 4 is 17.9 Å². The predicted molar refractivity (Wildman–Crippen MR) is 233 cm³/mol. The second-order valence-corrected chi connectivity index (χ2v) is 15.3. The summed E-state index contributed by atoms with van der Waals surface area (Å²) in [5.41, 5.74) is 0. The molecule has 6 heteroatoms. The summed E-state index contributed by atoms with van der Waals surface area (Å²) in [7, 11) is 0. The quantitative estimate of drug-likeness (QED) is 0.0267. The summed E-state index contributed by atoms with van der Waals surface area (Å²) in [6, 6.07) is 0. The van der Waals surface area contributed by atoms with Crippen molar-refractivity contribution in [2.75, 3.05) is 13.2 Å². The molecule has 0 spiro atoms. The van der Waals surface area contributed by atoms with Gasteiger partial charge in [0.2, 0.25) is 0 Å². The average molecular weight is 771 g/mol. The van der Waals surface area contributed by atoms with Crippen LogP contribution in [0.25, 0.3) is 0 Å². The van der Waals surface area contributed by atoms with Crippen LogP contribution in [0.1, 0.15) is 226 Å². The largest absolute Gasteiger partial charge is 0.462 e. The molecule has 318 valence electrons. The van der Waals surface area contributed by atoms with E-state index in [1.165, 1.54) is 109 Å². The van der Waals surface area contributed by atoms with Crippen LogP contribution in [0.3, 0.4) is 0 Å². The van der Waals surface area contributed by atoms with E-state index in [2.05, 4.69) is 69.4 Å². The minimum absolute atomic E-state index is 0.0896. The molecule has 1 atom stereocenters. The van der Waals surface area contributed by atoms with Crippen LogP contribution in [0, 0.1) is 0 Å². The fourth-order valence-corrected chi connectivity index (χ4v) is 6.25. The molecule has 0 amide bonds. The van der Waals surface area contributed by atoms with Gasteiger partial charge in [-0.05, 0) is 77.0 Å². The van der Waals surface area contributed by atoms with Gasteiger partial charge < -0.3 is 14.2 Å². The Morgan fingerprint density at radius 1 is 0.364 bits per heavy atom. The molecular formula is C49H86O6. The fourth-order valence-electron chi connectivity index (χ4n) is 6.25. The van der Waals surface area contributed by atoms with Gasteiger partial charge in [-0.1, -0.05) is 179 Å². The summed E-state index contributed by atoms with van der Waals surface area (Å²) in [5, 5.41) is 0. The van der Waals surface area contributed by atoms with Crippen molar-refractivity contribution in [2.45, 2.75) is 232 Å². The zero-order chi connectivity index (χ0) is 40.1. The average Bonchev–Trinajstić information content (AvgIpc) is 3.18. The molecule has 0 aliphatic rings. The zero-order valence-electron chi connectivity index (χ0n) is 36.2. The number of ether oxygens (including phenoxy) is 3. The molecule has 0 heterocycles. The maximum absolute atomic E-state index is 12.7. The Labute approximate surface area is 339 Å². The highest BCUT2D eigenvalue weighted by molar-refractivity contribution is 5.71. The Hall–Kier alpha value is -2.63. The van der Waals surface area contributed by atoms with Crippen LogP contribution in [0.4, 0.5) is 0 Å². The molecule has 55 heavy (non-hydrogen) atoms. The number of carbonyl (C=O) groups excluding carboxylic acids is 3. The third-order valence-corrected chi connectivity index (χ3v) is 9.81. The number of esters is 3. The van der Waals surface area contributed by atoms with Gasteiger partial charge >= 0.3 is 17.9 Å². The second kappa shape index (κ2) is 44.1. The second-order valence-electron chi connectivity index (χ2n) is 15.3. The van der Waals surface area contributed by atoms with Crippen molar-refractivity contribution < 1.29 is 28.6 Å². The first-order valence-corrected chi connectivity index (χ1v) is 23.1. The lowest BCUT2D eigenvalue weighted by Crippen LogP contribution is -2.30. The first kappa shape index (κ1) is 52.4. The lowest BCUT2D eigenvalue weighted by atomic mass is 10.1. The predicted octanol–water partition coefficient (Wildman–Crippen LogP) is 14.8. The van der Waals surface area contributed by atoms with E-state index >= 15 is 0 Å². The van der Waals surface area contributed by atoms with E-state index in [0.29, 0.717) is 19.3 Å². The van der Waals surface area contributed by atoms with Crippen molar-refractivity contribution in [3.8, 4) is 0 Å². The molecular weight excluding hydrogens is 685 g/mol. The van der Waals surface area contributed by atoms with Crippen molar-refractivity contribution in [3.63, 3.8) is 0 Å². The standard InChI is InChI=1S/C49H86O6/c1-4-7-10-13-16-19-22-23-24-25-28-31-34-37-40-43-49(52)55-46(44-53-47(50)41-38-35-32-29-26-20-17-14-11-8-5-2)45-54-48(51)42-39-36-33-30-27-21-18-15-12-9-6-3/h14,16-17,19,23-24,28,31,46H,4-13,15,18,20-22,25-27,29-30,32-45H2,1-3H3/b17-14-,19-16-,24-23-,31-28-/t46-/m1/s1. The monoisotopic (exact) mass is 771 g/mol. The topological polar surface area (TPSA) is 78.9 Å². The molecule has 0 unspecified atom stereocenters. The fraction of sp³-hybridized carbons (Fsp3) is 0.776. The summed E-state index contributed by atoms with van der Waals surface area (Å²) in [6.45, 7) is 6.51. The summed E-state index contributed by atoms with van der Waals surface area (Å²) in [4.78, 5) is 37.7. The maximum atomic E-state index is 12.7. The number of hydrogen-bond donors (Lipinski definition) is 0.